The molecule has 0 unspecified atom stereocenters. The number of anilines is 1. The van der Waals surface area contributed by atoms with Gasteiger partial charge in [0, 0.05) is 18.8 Å². The van der Waals surface area contributed by atoms with E-state index < -0.39 is 10.0 Å². The van der Waals surface area contributed by atoms with Crippen LogP contribution < -0.4 is 10.5 Å². The zero-order valence-electron chi connectivity index (χ0n) is 10.9. The third-order valence-corrected chi connectivity index (χ3v) is 4.02. The standard InChI is InChI=1S/C12H21N3O2S/c1-3-15(2)8-7-14-18(16,17)10-11-5-4-6-12(13)9-11/h4-6,9,14H,3,7-8,10,13H2,1-2H3. The zero-order valence-corrected chi connectivity index (χ0v) is 11.7. The summed E-state index contributed by atoms with van der Waals surface area (Å²) in [5.41, 5.74) is 6.89. The van der Waals surface area contributed by atoms with Gasteiger partial charge in [0.15, 0.2) is 0 Å². The molecular formula is C12H21N3O2S. The third-order valence-electron chi connectivity index (χ3n) is 2.66. The van der Waals surface area contributed by atoms with Gasteiger partial charge in [0.2, 0.25) is 10.0 Å². The number of nitrogens with two attached hydrogens (primary N) is 1. The van der Waals surface area contributed by atoms with Gasteiger partial charge in [0.25, 0.3) is 0 Å². The molecule has 0 aliphatic heterocycles. The van der Waals surface area contributed by atoms with Crippen LogP contribution in [0.3, 0.4) is 0 Å². The molecule has 0 radical (unpaired) electrons. The molecule has 0 saturated carbocycles. The average molecular weight is 271 g/mol. The second-order valence-corrected chi connectivity index (χ2v) is 6.10. The highest BCUT2D eigenvalue weighted by Gasteiger charge is 2.11. The number of sulfonamides is 1. The van der Waals surface area contributed by atoms with Crippen molar-refractivity contribution in [1.82, 2.24) is 9.62 Å². The lowest BCUT2D eigenvalue weighted by Gasteiger charge is -2.14. The number of rotatable bonds is 7. The summed E-state index contributed by atoms with van der Waals surface area (Å²) in [7, 11) is -1.34. The molecule has 0 aliphatic rings. The number of nitrogens with one attached hydrogen (secondary N) is 1. The Kier molecular flexibility index (Phi) is 5.58. The summed E-state index contributed by atoms with van der Waals surface area (Å²) in [4.78, 5) is 2.04. The van der Waals surface area contributed by atoms with E-state index in [1.165, 1.54) is 0 Å². The van der Waals surface area contributed by atoms with Crippen molar-refractivity contribution < 1.29 is 8.42 Å². The lowest BCUT2D eigenvalue weighted by molar-refractivity contribution is 0.358. The predicted octanol–water partition coefficient (Wildman–Crippen LogP) is 0.640. The zero-order chi connectivity index (χ0) is 13.6. The van der Waals surface area contributed by atoms with E-state index in [0.29, 0.717) is 24.3 Å². The molecule has 0 atom stereocenters. The van der Waals surface area contributed by atoms with Crippen LogP contribution in [0.5, 0.6) is 0 Å². The summed E-state index contributed by atoms with van der Waals surface area (Å²) >= 11 is 0. The molecule has 5 nitrogen and oxygen atoms in total. The Morgan fingerprint density at radius 3 is 2.72 bits per heavy atom. The van der Waals surface area contributed by atoms with Gasteiger partial charge in [-0.15, -0.1) is 0 Å². The first-order valence-corrected chi connectivity index (χ1v) is 7.58. The van der Waals surface area contributed by atoms with Crippen LogP contribution in [0.15, 0.2) is 24.3 Å². The number of nitrogens with zero attached hydrogens (tertiary/aromatic N) is 1. The molecule has 1 aromatic carbocycles. The van der Waals surface area contributed by atoms with Gasteiger partial charge in [-0.2, -0.15) is 0 Å². The van der Waals surface area contributed by atoms with Gasteiger partial charge in [0.1, 0.15) is 0 Å². The van der Waals surface area contributed by atoms with Crippen molar-refractivity contribution in [2.75, 3.05) is 32.4 Å². The van der Waals surface area contributed by atoms with Crippen LogP contribution in [0.1, 0.15) is 12.5 Å². The number of nitrogen functional groups attached to an aromatic ring is 1. The van der Waals surface area contributed by atoms with E-state index in [4.69, 9.17) is 5.73 Å². The summed E-state index contributed by atoms with van der Waals surface area (Å²) in [5.74, 6) is -0.0338. The largest absolute Gasteiger partial charge is 0.399 e. The van der Waals surface area contributed by atoms with E-state index in [1.54, 1.807) is 24.3 Å². The molecule has 0 aromatic heterocycles. The number of hydrogen-bond acceptors (Lipinski definition) is 4. The fraction of sp³-hybridized carbons (Fsp3) is 0.500. The topological polar surface area (TPSA) is 75.4 Å². The molecule has 18 heavy (non-hydrogen) atoms. The molecule has 0 aliphatic carbocycles. The van der Waals surface area contributed by atoms with Gasteiger partial charge in [-0.3, -0.25) is 0 Å². The smallest absolute Gasteiger partial charge is 0.215 e. The van der Waals surface area contributed by atoms with Gasteiger partial charge in [-0.05, 0) is 31.3 Å². The second kappa shape index (κ2) is 6.72. The maximum atomic E-state index is 11.8. The van der Waals surface area contributed by atoms with Crippen molar-refractivity contribution in [3.05, 3.63) is 29.8 Å². The highest BCUT2D eigenvalue weighted by molar-refractivity contribution is 7.88. The van der Waals surface area contributed by atoms with E-state index >= 15 is 0 Å². The van der Waals surface area contributed by atoms with Gasteiger partial charge >= 0.3 is 0 Å². The Balaban J connectivity index is 2.50. The fourth-order valence-electron chi connectivity index (χ4n) is 1.50. The van der Waals surface area contributed by atoms with Crippen molar-refractivity contribution in [2.24, 2.45) is 0 Å². The molecule has 0 bridgehead atoms. The van der Waals surface area contributed by atoms with Gasteiger partial charge in [-0.1, -0.05) is 19.1 Å². The highest BCUT2D eigenvalue weighted by atomic mass is 32.2. The van der Waals surface area contributed by atoms with E-state index in [0.717, 1.165) is 6.54 Å². The Morgan fingerprint density at radius 2 is 2.11 bits per heavy atom. The molecule has 6 heteroatoms. The normalized spacial score (nSPS) is 11.9. The SMILES string of the molecule is CCN(C)CCNS(=O)(=O)Cc1cccc(N)c1. The number of benzene rings is 1. The molecule has 0 spiro atoms. The first kappa shape index (κ1) is 14.9. The summed E-state index contributed by atoms with van der Waals surface area (Å²) in [6.07, 6.45) is 0. The Bertz CT molecular complexity index is 474. The summed E-state index contributed by atoms with van der Waals surface area (Å²) in [6.45, 7) is 4.06. The van der Waals surface area contributed by atoms with Crippen LogP contribution in [-0.4, -0.2) is 40.0 Å². The number of hydrogen-bond donors (Lipinski definition) is 2. The molecule has 0 saturated heterocycles. The lowest BCUT2D eigenvalue weighted by Crippen LogP contribution is -2.33. The van der Waals surface area contributed by atoms with Crippen molar-refractivity contribution in [3.8, 4) is 0 Å². The van der Waals surface area contributed by atoms with Gasteiger partial charge in [-0.25, -0.2) is 13.1 Å². The molecule has 102 valence electrons. The lowest BCUT2D eigenvalue weighted by atomic mass is 10.2. The minimum atomic E-state index is -3.29. The van der Waals surface area contributed by atoms with Crippen LogP contribution >= 0.6 is 0 Å². The Labute approximate surface area is 109 Å². The molecular weight excluding hydrogens is 250 g/mol. The minimum absolute atomic E-state index is 0.0338. The molecule has 0 heterocycles. The Hall–Kier alpha value is -1.11. The summed E-state index contributed by atoms with van der Waals surface area (Å²) in [6, 6.07) is 6.93. The molecule has 1 rings (SSSR count). The maximum Gasteiger partial charge on any atom is 0.215 e. The fourth-order valence-corrected chi connectivity index (χ4v) is 2.63. The third kappa shape index (κ3) is 5.48. The van der Waals surface area contributed by atoms with Crippen molar-refractivity contribution in [1.29, 1.82) is 0 Å². The average Bonchev–Trinajstić information content (AvgIpc) is 2.27. The molecule has 1 aromatic rings. The Morgan fingerprint density at radius 1 is 1.39 bits per heavy atom. The van der Waals surface area contributed by atoms with E-state index in [2.05, 4.69) is 4.72 Å². The molecule has 0 fully saturated rings. The monoisotopic (exact) mass is 271 g/mol. The van der Waals surface area contributed by atoms with Crippen LogP contribution in [0, 0.1) is 0 Å². The van der Waals surface area contributed by atoms with E-state index in [9.17, 15) is 8.42 Å². The maximum absolute atomic E-state index is 11.8. The van der Waals surface area contributed by atoms with Crippen molar-refractivity contribution in [3.63, 3.8) is 0 Å². The number of likely N-dealkylation sites (N-methyl/N-ethyl adjacent to an activating group) is 1. The van der Waals surface area contributed by atoms with Crippen molar-refractivity contribution >= 4 is 15.7 Å². The van der Waals surface area contributed by atoms with Gasteiger partial charge < -0.3 is 10.6 Å². The highest BCUT2D eigenvalue weighted by Crippen LogP contribution is 2.09. The summed E-state index contributed by atoms with van der Waals surface area (Å²) < 4.78 is 26.2. The van der Waals surface area contributed by atoms with E-state index in [1.807, 2.05) is 18.9 Å². The van der Waals surface area contributed by atoms with Crippen LogP contribution in [0.25, 0.3) is 0 Å². The molecule has 3 N–H and O–H groups in total. The summed E-state index contributed by atoms with van der Waals surface area (Å²) in [5, 5.41) is 0. The minimum Gasteiger partial charge on any atom is -0.399 e. The second-order valence-electron chi connectivity index (χ2n) is 4.29. The van der Waals surface area contributed by atoms with Gasteiger partial charge in [0.05, 0.1) is 5.75 Å². The van der Waals surface area contributed by atoms with Crippen molar-refractivity contribution in [2.45, 2.75) is 12.7 Å². The van der Waals surface area contributed by atoms with Crippen LogP contribution in [0.2, 0.25) is 0 Å². The van der Waals surface area contributed by atoms with Crippen LogP contribution in [-0.2, 0) is 15.8 Å². The van der Waals surface area contributed by atoms with Crippen LogP contribution in [0.4, 0.5) is 5.69 Å². The van der Waals surface area contributed by atoms with E-state index in [-0.39, 0.29) is 5.75 Å². The first-order valence-electron chi connectivity index (χ1n) is 5.93. The predicted molar refractivity (Wildman–Crippen MR) is 74.7 cm³/mol. The first-order chi connectivity index (χ1) is 8.43. The molecule has 0 amide bonds. The quantitative estimate of drug-likeness (QED) is 0.714.